The molecular weight excluding hydrogens is 402 g/mol. The Morgan fingerprint density at radius 2 is 2.00 bits per heavy atom. The molecule has 0 aliphatic carbocycles. The second kappa shape index (κ2) is 7.89. The average Bonchev–Trinajstić information content (AvgIpc) is 3.01. The molecule has 0 fully saturated rings. The number of nitrogens with zero attached hydrogens (tertiary/aromatic N) is 2. The van der Waals surface area contributed by atoms with E-state index in [1.54, 1.807) is 24.3 Å². The molecule has 2 aromatic carbocycles. The van der Waals surface area contributed by atoms with Crippen LogP contribution in [0, 0.1) is 5.82 Å². The molecule has 0 aliphatic heterocycles. The van der Waals surface area contributed by atoms with Crippen LogP contribution in [-0.2, 0) is 11.2 Å². The van der Waals surface area contributed by atoms with Crippen LogP contribution in [0.4, 0.5) is 23.5 Å². The summed E-state index contributed by atoms with van der Waals surface area (Å²) in [5.74, 6) is -2.09. The number of aromatic nitrogens is 2. The van der Waals surface area contributed by atoms with Crippen molar-refractivity contribution >= 4 is 23.5 Å². The lowest BCUT2D eigenvalue weighted by molar-refractivity contribution is -0.274. The van der Waals surface area contributed by atoms with Crippen molar-refractivity contribution in [2.24, 2.45) is 0 Å². The first kappa shape index (κ1) is 19.7. The number of nitrogens with one attached hydrogen (secondary N) is 1. The number of hydrogen-bond acceptors (Lipinski definition) is 3. The van der Waals surface area contributed by atoms with Gasteiger partial charge in [-0.25, -0.2) is 9.37 Å². The maximum absolute atomic E-state index is 14.3. The van der Waals surface area contributed by atoms with Gasteiger partial charge in [0.1, 0.15) is 5.75 Å². The third kappa shape index (κ3) is 5.01. The zero-order valence-corrected chi connectivity index (χ0v) is 14.8. The Bertz CT molecular complexity index is 1000. The van der Waals surface area contributed by atoms with Crippen molar-refractivity contribution in [1.29, 1.82) is 0 Å². The highest BCUT2D eigenvalue weighted by molar-refractivity contribution is 6.30. The van der Waals surface area contributed by atoms with E-state index in [1.807, 2.05) is 0 Å². The molecule has 1 amide bonds. The van der Waals surface area contributed by atoms with Crippen molar-refractivity contribution in [2.45, 2.75) is 12.8 Å². The number of amides is 1. The summed E-state index contributed by atoms with van der Waals surface area (Å²) in [5.41, 5.74) is 0.563. The first-order valence-corrected chi connectivity index (χ1v) is 8.22. The molecule has 1 N–H and O–H groups in total. The maximum Gasteiger partial charge on any atom is 0.573 e. The molecule has 3 rings (SSSR count). The van der Waals surface area contributed by atoms with Gasteiger partial charge in [0.05, 0.1) is 12.1 Å². The van der Waals surface area contributed by atoms with E-state index in [9.17, 15) is 22.4 Å². The zero-order chi connectivity index (χ0) is 20.3. The fourth-order valence-electron chi connectivity index (χ4n) is 2.47. The van der Waals surface area contributed by atoms with Crippen LogP contribution < -0.4 is 10.1 Å². The summed E-state index contributed by atoms with van der Waals surface area (Å²) in [7, 11) is 0. The predicted octanol–water partition coefficient (Wildman–Crippen LogP) is 4.74. The monoisotopic (exact) mass is 413 g/mol. The number of ether oxygens (including phenoxy) is 1. The summed E-state index contributed by atoms with van der Waals surface area (Å²) >= 11 is 5.88. The van der Waals surface area contributed by atoms with Gasteiger partial charge in [0, 0.05) is 23.5 Å². The van der Waals surface area contributed by atoms with Gasteiger partial charge in [-0.05, 0) is 29.8 Å². The molecule has 0 atom stereocenters. The van der Waals surface area contributed by atoms with Crippen LogP contribution in [0.5, 0.6) is 5.75 Å². The Morgan fingerprint density at radius 3 is 2.68 bits per heavy atom. The van der Waals surface area contributed by atoms with Crippen molar-refractivity contribution in [3.05, 3.63) is 71.3 Å². The second-order valence-corrected chi connectivity index (χ2v) is 6.07. The van der Waals surface area contributed by atoms with Gasteiger partial charge in [-0.1, -0.05) is 23.7 Å². The van der Waals surface area contributed by atoms with Crippen LogP contribution in [0.1, 0.15) is 5.56 Å². The number of anilines is 1. The molecule has 0 saturated heterocycles. The minimum Gasteiger partial charge on any atom is -0.406 e. The number of halogens is 5. The number of carbonyl (C=O) groups excluding carboxylic acids is 1. The predicted molar refractivity (Wildman–Crippen MR) is 94.0 cm³/mol. The first-order chi connectivity index (χ1) is 13.2. The van der Waals surface area contributed by atoms with Gasteiger partial charge in [-0.2, -0.15) is 0 Å². The fourth-order valence-corrected chi connectivity index (χ4v) is 2.68. The van der Waals surface area contributed by atoms with Gasteiger partial charge < -0.3 is 4.74 Å². The second-order valence-electron chi connectivity index (χ2n) is 5.64. The molecule has 0 unspecified atom stereocenters. The minimum atomic E-state index is -4.93. The topological polar surface area (TPSA) is 56.2 Å². The third-order valence-electron chi connectivity index (χ3n) is 3.56. The van der Waals surface area contributed by atoms with Crippen molar-refractivity contribution in [1.82, 2.24) is 9.55 Å². The summed E-state index contributed by atoms with van der Waals surface area (Å²) in [6.07, 6.45) is -2.25. The van der Waals surface area contributed by atoms with Gasteiger partial charge >= 0.3 is 6.36 Å². The van der Waals surface area contributed by atoms with E-state index in [0.717, 1.165) is 12.1 Å². The first-order valence-electron chi connectivity index (χ1n) is 7.84. The molecule has 1 aromatic heterocycles. The SMILES string of the molecule is O=C(Cc1cccc(Cl)c1)Nc1nccn1-c1ccc(OC(F)(F)F)cc1F. The molecule has 0 radical (unpaired) electrons. The molecule has 0 aliphatic rings. The van der Waals surface area contributed by atoms with Crippen LogP contribution in [0.25, 0.3) is 5.69 Å². The molecular formula is C18H12ClF4N3O2. The number of imidazole rings is 1. The van der Waals surface area contributed by atoms with Crippen LogP contribution >= 0.6 is 11.6 Å². The van der Waals surface area contributed by atoms with Crippen LogP contribution in [0.15, 0.2) is 54.9 Å². The minimum absolute atomic E-state index is 0.00820. The number of rotatable bonds is 5. The fraction of sp³-hybridized carbons (Fsp3) is 0.111. The van der Waals surface area contributed by atoms with Crippen molar-refractivity contribution in [3.63, 3.8) is 0 Å². The number of hydrogen-bond donors (Lipinski definition) is 1. The maximum atomic E-state index is 14.3. The van der Waals surface area contributed by atoms with Crippen molar-refractivity contribution in [2.75, 3.05) is 5.32 Å². The Hall–Kier alpha value is -3.07. The Labute approximate surface area is 161 Å². The number of carbonyl (C=O) groups is 1. The van der Waals surface area contributed by atoms with Gasteiger partial charge in [0.25, 0.3) is 0 Å². The van der Waals surface area contributed by atoms with E-state index in [4.69, 9.17) is 11.6 Å². The molecule has 28 heavy (non-hydrogen) atoms. The standard InChI is InChI=1S/C18H12ClF4N3O2/c19-12-3-1-2-11(8-12)9-16(27)25-17-24-6-7-26(17)15-5-4-13(10-14(15)20)28-18(21,22)23/h1-8,10H,9H2,(H,24,25,27). The summed E-state index contributed by atoms with van der Waals surface area (Å²) < 4.78 is 55.9. The highest BCUT2D eigenvalue weighted by Gasteiger charge is 2.31. The lowest BCUT2D eigenvalue weighted by atomic mass is 10.1. The van der Waals surface area contributed by atoms with Crippen LogP contribution in [0.3, 0.4) is 0 Å². The number of benzene rings is 2. The zero-order valence-electron chi connectivity index (χ0n) is 14.0. The summed E-state index contributed by atoms with van der Waals surface area (Å²) in [4.78, 5) is 16.2. The lowest BCUT2D eigenvalue weighted by Crippen LogP contribution is -2.18. The van der Waals surface area contributed by atoms with Gasteiger partial charge in [0.15, 0.2) is 5.82 Å². The van der Waals surface area contributed by atoms with E-state index in [0.29, 0.717) is 16.7 Å². The summed E-state index contributed by atoms with van der Waals surface area (Å²) in [6.45, 7) is 0. The lowest BCUT2D eigenvalue weighted by Gasteiger charge is -2.12. The van der Waals surface area contributed by atoms with E-state index >= 15 is 0 Å². The quantitative estimate of drug-likeness (QED) is 0.614. The molecule has 0 saturated carbocycles. The van der Waals surface area contributed by atoms with Gasteiger partial charge in [-0.3, -0.25) is 14.7 Å². The van der Waals surface area contributed by atoms with Crippen molar-refractivity contribution < 1.29 is 27.1 Å². The third-order valence-corrected chi connectivity index (χ3v) is 3.79. The summed E-state index contributed by atoms with van der Waals surface area (Å²) in [5, 5.41) is 3.01. The molecule has 0 bridgehead atoms. The number of alkyl halides is 3. The van der Waals surface area contributed by atoms with Gasteiger partial charge in [0.2, 0.25) is 11.9 Å². The molecule has 5 nitrogen and oxygen atoms in total. The molecule has 10 heteroatoms. The Balaban J connectivity index is 1.77. The Morgan fingerprint density at radius 1 is 1.21 bits per heavy atom. The summed E-state index contributed by atoms with van der Waals surface area (Å²) in [6, 6.07) is 9.37. The highest BCUT2D eigenvalue weighted by Crippen LogP contribution is 2.27. The molecule has 0 spiro atoms. The van der Waals surface area contributed by atoms with Gasteiger partial charge in [-0.15, -0.1) is 13.2 Å². The van der Waals surface area contributed by atoms with Crippen molar-refractivity contribution in [3.8, 4) is 11.4 Å². The van der Waals surface area contributed by atoms with E-state index in [2.05, 4.69) is 15.0 Å². The molecule has 146 valence electrons. The smallest absolute Gasteiger partial charge is 0.406 e. The highest BCUT2D eigenvalue weighted by atomic mass is 35.5. The normalized spacial score (nSPS) is 11.3. The molecule has 3 aromatic rings. The van der Waals surface area contributed by atoms with Crippen LogP contribution in [0.2, 0.25) is 5.02 Å². The van der Waals surface area contributed by atoms with E-state index < -0.39 is 23.8 Å². The Kier molecular flexibility index (Phi) is 5.55. The van der Waals surface area contributed by atoms with Crippen LogP contribution in [-0.4, -0.2) is 21.8 Å². The average molecular weight is 414 g/mol. The largest absolute Gasteiger partial charge is 0.573 e. The van der Waals surface area contributed by atoms with E-state index in [1.165, 1.54) is 17.0 Å². The molecule has 1 heterocycles. The van der Waals surface area contributed by atoms with E-state index in [-0.39, 0.29) is 18.1 Å².